The summed E-state index contributed by atoms with van der Waals surface area (Å²) in [6.45, 7) is 0. The van der Waals surface area contributed by atoms with Crippen LogP contribution < -0.4 is 20.6 Å². The lowest BCUT2D eigenvalue weighted by Crippen LogP contribution is -2.23. The number of nitro benzene ring substituents is 1. The van der Waals surface area contributed by atoms with Crippen molar-refractivity contribution < 1.29 is 14.8 Å². The summed E-state index contributed by atoms with van der Waals surface area (Å²) in [4.78, 5) is 10.1. The molecule has 2 rings (SSSR count). The minimum absolute atomic E-state index is 0.0870. The van der Waals surface area contributed by atoms with E-state index in [-0.39, 0.29) is 22.1 Å². The number of methoxy groups -OCH3 is 1. The molecule has 0 aromatic heterocycles. The maximum absolute atomic E-state index is 11.6. The Morgan fingerprint density at radius 2 is 2.00 bits per heavy atom. The standard InChI is InChI=1S/C15H14N4O4S/c1-23-13-5-2-11(3-6-13)17-15(24)18-16-9-10-8-12(19(21)22)4-7-14(10)20/h2-9,20H,1H3,(H2,17,18,24)/p-1/b16-9-. The number of nitro groups is 1. The molecule has 0 aliphatic rings. The van der Waals surface area contributed by atoms with Crippen LogP contribution in [0.5, 0.6) is 11.5 Å². The molecule has 0 spiro atoms. The van der Waals surface area contributed by atoms with Gasteiger partial charge in [0.2, 0.25) is 0 Å². The average Bonchev–Trinajstić information content (AvgIpc) is 2.57. The fraction of sp³-hybridized carbons (Fsp3) is 0.0667. The van der Waals surface area contributed by atoms with Gasteiger partial charge in [-0.05, 0) is 42.0 Å². The summed E-state index contributed by atoms with van der Waals surface area (Å²) in [6, 6.07) is 10.5. The van der Waals surface area contributed by atoms with Gasteiger partial charge < -0.3 is 15.2 Å². The quantitative estimate of drug-likeness (QED) is 0.369. The van der Waals surface area contributed by atoms with Gasteiger partial charge in [0.05, 0.1) is 18.2 Å². The third kappa shape index (κ3) is 4.65. The molecule has 0 aliphatic carbocycles. The first kappa shape index (κ1) is 17.2. The van der Waals surface area contributed by atoms with E-state index in [1.54, 1.807) is 31.4 Å². The predicted octanol–water partition coefficient (Wildman–Crippen LogP) is 2.00. The molecule has 0 heterocycles. The van der Waals surface area contributed by atoms with E-state index >= 15 is 0 Å². The molecule has 2 N–H and O–H groups in total. The zero-order valence-electron chi connectivity index (χ0n) is 12.6. The van der Waals surface area contributed by atoms with E-state index in [1.165, 1.54) is 6.21 Å². The number of anilines is 1. The molecule has 2 aromatic rings. The number of hydrazone groups is 1. The molecule has 9 heteroatoms. The lowest BCUT2D eigenvalue weighted by atomic mass is 10.2. The number of rotatable bonds is 5. The Bertz CT molecular complexity index is 778. The first-order valence-corrected chi connectivity index (χ1v) is 7.10. The predicted molar refractivity (Wildman–Crippen MR) is 92.5 cm³/mol. The van der Waals surface area contributed by atoms with E-state index in [1.807, 2.05) is 0 Å². The van der Waals surface area contributed by atoms with Crippen LogP contribution in [-0.4, -0.2) is 23.4 Å². The molecule has 0 unspecified atom stereocenters. The van der Waals surface area contributed by atoms with Crippen LogP contribution in [0.15, 0.2) is 47.6 Å². The van der Waals surface area contributed by atoms with Gasteiger partial charge in [0.25, 0.3) is 5.69 Å². The molecule has 0 fully saturated rings. The molecule has 24 heavy (non-hydrogen) atoms. The second-order valence-corrected chi connectivity index (χ2v) is 4.94. The van der Waals surface area contributed by atoms with Crippen LogP contribution in [0.25, 0.3) is 0 Å². The van der Waals surface area contributed by atoms with Crippen LogP contribution in [0, 0.1) is 10.1 Å². The largest absolute Gasteiger partial charge is 0.872 e. The lowest BCUT2D eigenvalue weighted by molar-refractivity contribution is -0.385. The van der Waals surface area contributed by atoms with Gasteiger partial charge in [-0.1, -0.05) is 11.8 Å². The lowest BCUT2D eigenvalue weighted by Gasteiger charge is -2.10. The Morgan fingerprint density at radius 1 is 1.29 bits per heavy atom. The average molecular weight is 345 g/mol. The van der Waals surface area contributed by atoms with Crippen LogP contribution in [0.2, 0.25) is 0 Å². The van der Waals surface area contributed by atoms with Crippen molar-refractivity contribution in [2.45, 2.75) is 0 Å². The van der Waals surface area contributed by atoms with Crippen LogP contribution in [0.1, 0.15) is 5.56 Å². The molecule has 0 aliphatic heterocycles. The number of benzene rings is 2. The molecule has 124 valence electrons. The van der Waals surface area contributed by atoms with Crippen molar-refractivity contribution in [2.24, 2.45) is 5.10 Å². The molecule has 0 atom stereocenters. The maximum atomic E-state index is 11.6. The maximum Gasteiger partial charge on any atom is 0.270 e. The third-order valence-electron chi connectivity index (χ3n) is 2.92. The Hall–Kier alpha value is -3.20. The highest BCUT2D eigenvalue weighted by Gasteiger charge is 2.05. The number of nitrogens with zero attached hydrogens (tertiary/aromatic N) is 2. The first-order valence-electron chi connectivity index (χ1n) is 6.69. The van der Waals surface area contributed by atoms with Gasteiger partial charge in [-0.3, -0.25) is 15.5 Å². The Balaban J connectivity index is 1.96. The first-order chi connectivity index (χ1) is 11.5. The highest BCUT2D eigenvalue weighted by Crippen LogP contribution is 2.19. The summed E-state index contributed by atoms with van der Waals surface area (Å²) in [5.74, 6) is 0.339. The molecule has 0 radical (unpaired) electrons. The fourth-order valence-corrected chi connectivity index (χ4v) is 1.91. The second kappa shape index (κ2) is 7.88. The normalized spacial score (nSPS) is 10.4. The molecule has 0 saturated heterocycles. The topological polar surface area (TPSA) is 112 Å². The fourth-order valence-electron chi connectivity index (χ4n) is 1.74. The minimum atomic E-state index is -0.583. The van der Waals surface area contributed by atoms with Crippen LogP contribution in [0.3, 0.4) is 0 Å². The van der Waals surface area contributed by atoms with Gasteiger partial charge in [0.1, 0.15) is 5.75 Å². The van der Waals surface area contributed by atoms with E-state index in [9.17, 15) is 15.2 Å². The summed E-state index contributed by atoms with van der Waals surface area (Å²) in [6.07, 6.45) is 1.18. The monoisotopic (exact) mass is 345 g/mol. The molecule has 0 bridgehead atoms. The van der Waals surface area contributed by atoms with Crippen molar-refractivity contribution in [1.82, 2.24) is 5.43 Å². The number of nitrogens with one attached hydrogen (secondary N) is 2. The molecule has 0 amide bonds. The smallest absolute Gasteiger partial charge is 0.270 e. The van der Waals surface area contributed by atoms with Crippen LogP contribution in [0.4, 0.5) is 11.4 Å². The van der Waals surface area contributed by atoms with Crippen molar-refractivity contribution in [1.29, 1.82) is 0 Å². The molecular formula is C15H13N4O4S-. The van der Waals surface area contributed by atoms with E-state index < -0.39 is 4.92 Å². The zero-order valence-corrected chi connectivity index (χ0v) is 13.4. The highest BCUT2D eigenvalue weighted by atomic mass is 32.1. The molecule has 2 aromatic carbocycles. The number of ether oxygens (including phenoxy) is 1. The Kier molecular flexibility index (Phi) is 5.63. The summed E-state index contributed by atoms with van der Waals surface area (Å²) in [7, 11) is 1.57. The molecule has 0 saturated carbocycles. The van der Waals surface area contributed by atoms with Crippen LogP contribution >= 0.6 is 12.2 Å². The van der Waals surface area contributed by atoms with Crippen LogP contribution in [-0.2, 0) is 0 Å². The molecular weight excluding hydrogens is 332 g/mol. The van der Waals surface area contributed by atoms with E-state index in [0.29, 0.717) is 5.75 Å². The summed E-state index contributed by atoms with van der Waals surface area (Å²) >= 11 is 5.06. The van der Waals surface area contributed by atoms with Gasteiger partial charge >= 0.3 is 0 Å². The minimum Gasteiger partial charge on any atom is -0.872 e. The van der Waals surface area contributed by atoms with Crippen molar-refractivity contribution in [2.75, 3.05) is 12.4 Å². The van der Waals surface area contributed by atoms with Gasteiger partial charge in [0, 0.05) is 17.8 Å². The van der Waals surface area contributed by atoms with Gasteiger partial charge in [-0.25, -0.2) is 0 Å². The Labute approximate surface area is 142 Å². The SMILES string of the molecule is COc1ccc(NC(=S)N/N=C\c2cc([N+](=O)[O-])ccc2[O-])cc1. The van der Waals surface area contributed by atoms with Crippen molar-refractivity contribution in [3.05, 3.63) is 58.1 Å². The van der Waals surface area contributed by atoms with Crippen molar-refractivity contribution >= 4 is 34.9 Å². The number of hydrogen-bond acceptors (Lipinski definition) is 6. The van der Waals surface area contributed by atoms with Crippen molar-refractivity contribution in [3.63, 3.8) is 0 Å². The number of hydrogen-bond donors (Lipinski definition) is 2. The van der Waals surface area contributed by atoms with Crippen molar-refractivity contribution in [3.8, 4) is 11.5 Å². The van der Waals surface area contributed by atoms with Gasteiger partial charge in [-0.2, -0.15) is 5.10 Å². The number of non-ortho nitro benzene ring substituents is 1. The van der Waals surface area contributed by atoms with E-state index in [2.05, 4.69) is 15.8 Å². The summed E-state index contributed by atoms with van der Waals surface area (Å²) < 4.78 is 5.05. The van der Waals surface area contributed by atoms with E-state index in [4.69, 9.17) is 17.0 Å². The Morgan fingerprint density at radius 3 is 2.62 bits per heavy atom. The zero-order chi connectivity index (χ0) is 17.5. The van der Waals surface area contributed by atoms with Gasteiger partial charge in [0.15, 0.2) is 5.11 Å². The third-order valence-corrected chi connectivity index (χ3v) is 3.12. The van der Waals surface area contributed by atoms with Gasteiger partial charge in [-0.15, -0.1) is 0 Å². The number of thiocarbonyl (C=S) groups is 1. The molecule has 8 nitrogen and oxygen atoms in total. The van der Waals surface area contributed by atoms with E-state index in [0.717, 1.165) is 23.9 Å². The summed E-state index contributed by atoms with van der Waals surface area (Å²) in [5.41, 5.74) is 3.16. The second-order valence-electron chi connectivity index (χ2n) is 4.53. The highest BCUT2D eigenvalue weighted by molar-refractivity contribution is 7.80. The summed E-state index contributed by atoms with van der Waals surface area (Å²) in [5, 5.41) is 29.2.